The molecule has 0 saturated heterocycles. The van der Waals surface area contributed by atoms with Crippen molar-refractivity contribution in [2.24, 2.45) is 0 Å². The van der Waals surface area contributed by atoms with E-state index in [0.29, 0.717) is 24.6 Å². The van der Waals surface area contributed by atoms with E-state index in [1.165, 1.54) is 0 Å². The molecule has 0 saturated carbocycles. The van der Waals surface area contributed by atoms with Crippen LogP contribution in [0, 0.1) is 13.8 Å². The number of anilines is 2. The zero-order chi connectivity index (χ0) is 20.2. The summed E-state index contributed by atoms with van der Waals surface area (Å²) in [4.78, 5) is 25.3. The number of rotatable bonds is 6. The van der Waals surface area contributed by atoms with Crippen LogP contribution in [0.4, 0.5) is 11.5 Å². The Morgan fingerprint density at radius 2 is 1.97 bits per heavy atom. The van der Waals surface area contributed by atoms with Crippen LogP contribution in [0.1, 0.15) is 17.7 Å². The molecule has 2 N–H and O–H groups in total. The first-order chi connectivity index (χ1) is 14.1. The van der Waals surface area contributed by atoms with E-state index in [1.807, 2.05) is 56.3 Å². The van der Waals surface area contributed by atoms with Crippen LogP contribution >= 0.6 is 0 Å². The molecule has 29 heavy (non-hydrogen) atoms. The minimum absolute atomic E-state index is 0.0524. The van der Waals surface area contributed by atoms with E-state index >= 15 is 0 Å². The number of aryl methyl sites for hydroxylation is 2. The number of para-hydroxylation sites is 1. The van der Waals surface area contributed by atoms with E-state index in [9.17, 15) is 4.79 Å². The van der Waals surface area contributed by atoms with Crippen LogP contribution in [0.3, 0.4) is 0 Å². The van der Waals surface area contributed by atoms with Gasteiger partial charge in [0.1, 0.15) is 5.82 Å². The van der Waals surface area contributed by atoms with Gasteiger partial charge in [-0.1, -0.05) is 18.2 Å². The van der Waals surface area contributed by atoms with Crippen molar-refractivity contribution in [3.63, 3.8) is 0 Å². The van der Waals surface area contributed by atoms with Gasteiger partial charge in [0.05, 0.1) is 0 Å². The predicted octanol–water partition coefficient (Wildman–Crippen LogP) is 3.24. The zero-order valence-electron chi connectivity index (χ0n) is 16.3. The van der Waals surface area contributed by atoms with E-state index in [1.54, 1.807) is 16.9 Å². The van der Waals surface area contributed by atoms with Crippen LogP contribution in [0.25, 0.3) is 17.2 Å². The summed E-state index contributed by atoms with van der Waals surface area (Å²) >= 11 is 0. The largest absolute Gasteiger partial charge is 0.369 e. The van der Waals surface area contributed by atoms with Gasteiger partial charge in [0.2, 0.25) is 5.91 Å². The second-order valence-corrected chi connectivity index (χ2v) is 6.71. The average Bonchev–Trinajstić information content (AvgIpc) is 3.14. The summed E-state index contributed by atoms with van der Waals surface area (Å²) in [5, 5.41) is 10.7. The molecule has 1 amide bonds. The molecular formula is C21H21N7O. The number of carbonyl (C=O) groups is 1. The molecule has 0 unspecified atom stereocenters. The molecule has 4 rings (SSSR count). The van der Waals surface area contributed by atoms with Gasteiger partial charge in [-0.15, -0.1) is 5.10 Å². The first kappa shape index (κ1) is 18.5. The van der Waals surface area contributed by atoms with Crippen LogP contribution in [0.15, 0.2) is 54.9 Å². The van der Waals surface area contributed by atoms with Gasteiger partial charge in [-0.05, 0) is 37.6 Å². The molecule has 0 spiro atoms. The van der Waals surface area contributed by atoms with Crippen molar-refractivity contribution in [3.8, 4) is 11.4 Å². The molecule has 8 heteroatoms. The van der Waals surface area contributed by atoms with Gasteiger partial charge in [-0.2, -0.15) is 9.50 Å². The summed E-state index contributed by atoms with van der Waals surface area (Å²) in [6.07, 6.45) is 3.74. The normalized spacial score (nSPS) is 10.8. The van der Waals surface area contributed by atoms with Gasteiger partial charge >= 0.3 is 0 Å². The fraction of sp³-hybridized carbons (Fsp3) is 0.190. The van der Waals surface area contributed by atoms with Crippen molar-refractivity contribution >= 4 is 23.2 Å². The molecule has 0 fully saturated rings. The van der Waals surface area contributed by atoms with E-state index in [0.717, 1.165) is 28.3 Å². The maximum absolute atomic E-state index is 12.3. The summed E-state index contributed by atoms with van der Waals surface area (Å²) in [5.74, 6) is 1.73. The van der Waals surface area contributed by atoms with Crippen molar-refractivity contribution in [1.29, 1.82) is 0 Å². The monoisotopic (exact) mass is 387 g/mol. The SMILES string of the molecule is Cc1cc(NCCC(=O)Nc2ccccc2C)n2nc(-c3cccnc3)nc2n1. The highest BCUT2D eigenvalue weighted by atomic mass is 16.1. The fourth-order valence-electron chi connectivity index (χ4n) is 2.96. The number of hydrogen-bond acceptors (Lipinski definition) is 6. The molecule has 0 aliphatic heterocycles. The van der Waals surface area contributed by atoms with Crippen molar-refractivity contribution in [1.82, 2.24) is 24.6 Å². The first-order valence-corrected chi connectivity index (χ1v) is 9.34. The van der Waals surface area contributed by atoms with Crippen molar-refractivity contribution < 1.29 is 4.79 Å². The Hall–Kier alpha value is -3.81. The average molecular weight is 387 g/mol. The molecule has 0 aliphatic carbocycles. The van der Waals surface area contributed by atoms with Gasteiger partial charge in [0, 0.05) is 48.4 Å². The number of nitrogens with one attached hydrogen (secondary N) is 2. The quantitative estimate of drug-likeness (QED) is 0.527. The highest BCUT2D eigenvalue weighted by molar-refractivity contribution is 5.91. The lowest BCUT2D eigenvalue weighted by atomic mass is 10.2. The zero-order valence-corrected chi connectivity index (χ0v) is 16.3. The lowest BCUT2D eigenvalue weighted by molar-refractivity contribution is -0.115. The van der Waals surface area contributed by atoms with Gasteiger partial charge < -0.3 is 10.6 Å². The molecule has 146 valence electrons. The Kier molecular flexibility index (Phi) is 5.15. The topological polar surface area (TPSA) is 97.1 Å². The number of amides is 1. The predicted molar refractivity (Wildman–Crippen MR) is 112 cm³/mol. The Morgan fingerprint density at radius 1 is 1.10 bits per heavy atom. The number of nitrogens with zero attached hydrogens (tertiary/aromatic N) is 5. The van der Waals surface area contributed by atoms with Crippen LogP contribution < -0.4 is 10.6 Å². The van der Waals surface area contributed by atoms with Crippen LogP contribution in [0.2, 0.25) is 0 Å². The van der Waals surface area contributed by atoms with Crippen molar-refractivity contribution in [2.45, 2.75) is 20.3 Å². The molecule has 3 aromatic heterocycles. The maximum Gasteiger partial charge on any atom is 0.254 e. The summed E-state index contributed by atoms with van der Waals surface area (Å²) in [5.41, 5.74) is 3.50. The maximum atomic E-state index is 12.3. The first-order valence-electron chi connectivity index (χ1n) is 9.34. The smallest absolute Gasteiger partial charge is 0.254 e. The number of benzene rings is 1. The fourth-order valence-corrected chi connectivity index (χ4v) is 2.96. The van der Waals surface area contributed by atoms with Crippen LogP contribution in [-0.2, 0) is 4.79 Å². The molecule has 0 atom stereocenters. The summed E-state index contributed by atoms with van der Waals surface area (Å²) in [7, 11) is 0. The third-order valence-corrected chi connectivity index (χ3v) is 4.44. The molecule has 0 bridgehead atoms. The summed E-state index contributed by atoms with van der Waals surface area (Å²) < 4.78 is 1.65. The van der Waals surface area contributed by atoms with Crippen molar-refractivity contribution in [2.75, 3.05) is 17.2 Å². The second kappa shape index (κ2) is 8.05. The number of hydrogen-bond donors (Lipinski definition) is 2. The highest BCUT2D eigenvalue weighted by Crippen LogP contribution is 2.18. The third kappa shape index (κ3) is 4.21. The minimum atomic E-state index is -0.0524. The summed E-state index contributed by atoms with van der Waals surface area (Å²) in [6.45, 7) is 4.32. The van der Waals surface area contributed by atoms with Gasteiger partial charge in [0.15, 0.2) is 5.82 Å². The van der Waals surface area contributed by atoms with Crippen LogP contribution in [-0.4, -0.2) is 37.0 Å². The Balaban J connectivity index is 1.47. The van der Waals surface area contributed by atoms with Crippen molar-refractivity contribution in [3.05, 3.63) is 66.1 Å². The molecule has 1 aromatic carbocycles. The highest BCUT2D eigenvalue weighted by Gasteiger charge is 2.12. The third-order valence-electron chi connectivity index (χ3n) is 4.44. The number of aromatic nitrogens is 5. The van der Waals surface area contributed by atoms with E-state index in [4.69, 9.17) is 0 Å². The molecule has 4 aromatic rings. The van der Waals surface area contributed by atoms with Crippen LogP contribution in [0.5, 0.6) is 0 Å². The number of carbonyl (C=O) groups excluding carboxylic acids is 1. The molecule has 8 nitrogen and oxygen atoms in total. The number of fused-ring (bicyclic) bond motifs is 1. The van der Waals surface area contributed by atoms with Gasteiger partial charge in [-0.3, -0.25) is 9.78 Å². The van der Waals surface area contributed by atoms with E-state index in [2.05, 4.69) is 30.7 Å². The van der Waals surface area contributed by atoms with Gasteiger partial charge in [-0.25, -0.2) is 4.98 Å². The standard InChI is InChI=1S/C21H21N7O/c1-14-6-3-4-8-17(14)25-19(29)9-11-23-18-12-15(2)24-21-26-20(27-28(18)21)16-7-5-10-22-13-16/h3-8,10,12-13,23H,9,11H2,1-2H3,(H,25,29). The number of pyridine rings is 1. The lowest BCUT2D eigenvalue weighted by Gasteiger charge is -2.10. The van der Waals surface area contributed by atoms with Gasteiger partial charge in [0.25, 0.3) is 5.78 Å². The molecule has 0 aliphatic rings. The Bertz CT molecular complexity index is 1150. The van der Waals surface area contributed by atoms with E-state index in [-0.39, 0.29) is 5.91 Å². The Labute approximate surface area is 168 Å². The summed E-state index contributed by atoms with van der Waals surface area (Å²) in [6, 6.07) is 13.3. The van der Waals surface area contributed by atoms with E-state index < -0.39 is 0 Å². The molecule has 3 heterocycles. The Morgan fingerprint density at radius 3 is 2.76 bits per heavy atom. The lowest BCUT2D eigenvalue weighted by Crippen LogP contribution is -2.18. The molecule has 0 radical (unpaired) electrons. The minimum Gasteiger partial charge on any atom is -0.369 e. The second-order valence-electron chi connectivity index (χ2n) is 6.71. The molecular weight excluding hydrogens is 366 g/mol.